The van der Waals surface area contributed by atoms with E-state index in [1.807, 2.05) is 41.9 Å². The van der Waals surface area contributed by atoms with E-state index in [0.717, 1.165) is 34.2 Å². The summed E-state index contributed by atoms with van der Waals surface area (Å²) in [5, 5.41) is 3.28. The van der Waals surface area contributed by atoms with Crippen LogP contribution in [0.5, 0.6) is 11.5 Å². The number of sulfone groups is 1. The topological polar surface area (TPSA) is 95.3 Å². The fourth-order valence-corrected chi connectivity index (χ4v) is 5.37. The highest BCUT2D eigenvalue weighted by atomic mass is 32.2. The van der Waals surface area contributed by atoms with E-state index in [1.54, 1.807) is 30.5 Å². The first-order chi connectivity index (χ1) is 18.0. The van der Waals surface area contributed by atoms with Gasteiger partial charge < -0.3 is 14.8 Å². The van der Waals surface area contributed by atoms with Crippen LogP contribution >= 0.6 is 0 Å². The molecule has 202 valence electrons. The molecule has 2 heterocycles. The molecule has 0 aliphatic rings. The van der Waals surface area contributed by atoms with Crippen LogP contribution in [0.4, 0.5) is 0 Å². The lowest BCUT2D eigenvalue weighted by Gasteiger charge is -2.18. The Morgan fingerprint density at radius 3 is 2.42 bits per heavy atom. The summed E-state index contributed by atoms with van der Waals surface area (Å²) in [6, 6.07) is 17.3. The molecule has 0 fully saturated rings. The Morgan fingerprint density at radius 1 is 1.08 bits per heavy atom. The van der Waals surface area contributed by atoms with Gasteiger partial charge in [-0.25, -0.2) is 13.4 Å². The lowest BCUT2D eigenvalue weighted by Crippen LogP contribution is -2.22. The molecule has 2 aromatic carbocycles. The largest absolute Gasteiger partial charge is 0.457 e. The van der Waals surface area contributed by atoms with Crippen molar-refractivity contribution in [1.29, 1.82) is 0 Å². The molecule has 10 heteroatoms. The van der Waals surface area contributed by atoms with Gasteiger partial charge in [0.1, 0.15) is 23.9 Å². The number of rotatable bonds is 11. The van der Waals surface area contributed by atoms with Crippen LogP contribution in [0.2, 0.25) is 25.7 Å². The average Bonchev–Trinajstić information content (AvgIpc) is 3.23. The minimum absolute atomic E-state index is 0.0128. The van der Waals surface area contributed by atoms with Crippen molar-refractivity contribution in [2.75, 3.05) is 19.9 Å². The van der Waals surface area contributed by atoms with Gasteiger partial charge in [-0.2, -0.15) is 0 Å². The third-order valence-electron chi connectivity index (χ3n) is 6.37. The zero-order valence-electron chi connectivity index (χ0n) is 22.9. The van der Waals surface area contributed by atoms with E-state index in [1.165, 1.54) is 6.26 Å². The minimum atomic E-state index is -3.29. The van der Waals surface area contributed by atoms with Crippen molar-refractivity contribution in [3.63, 3.8) is 0 Å². The summed E-state index contributed by atoms with van der Waals surface area (Å²) in [6.07, 6.45) is 2.95. The second kappa shape index (κ2) is 11.4. The fourth-order valence-electron chi connectivity index (χ4n) is 3.99. The normalized spacial score (nSPS) is 13.1. The van der Waals surface area contributed by atoms with Crippen molar-refractivity contribution < 1.29 is 17.9 Å². The maximum Gasteiger partial charge on any atom is 0.175 e. The summed E-state index contributed by atoms with van der Waals surface area (Å²) in [6.45, 7) is 10.1. The molecule has 0 saturated carbocycles. The summed E-state index contributed by atoms with van der Waals surface area (Å²) < 4.78 is 38.3. The van der Waals surface area contributed by atoms with Crippen molar-refractivity contribution in [1.82, 2.24) is 19.9 Å². The van der Waals surface area contributed by atoms with Crippen molar-refractivity contribution in [3.05, 3.63) is 66.4 Å². The minimum Gasteiger partial charge on any atom is -0.457 e. The van der Waals surface area contributed by atoms with Crippen molar-refractivity contribution >= 4 is 28.9 Å². The molecule has 0 aliphatic carbocycles. The van der Waals surface area contributed by atoms with E-state index >= 15 is 0 Å². The summed E-state index contributed by atoms with van der Waals surface area (Å²) in [4.78, 5) is 9.74. The molecule has 38 heavy (non-hydrogen) atoms. The van der Waals surface area contributed by atoms with Gasteiger partial charge in [-0.15, -0.1) is 0 Å². The fraction of sp³-hybridized carbons (Fsp3) is 0.357. The highest BCUT2D eigenvalue weighted by molar-refractivity contribution is 7.90. The quantitative estimate of drug-likeness (QED) is 0.183. The highest BCUT2D eigenvalue weighted by Crippen LogP contribution is 2.36. The number of fused-ring (bicyclic) bond motifs is 1. The summed E-state index contributed by atoms with van der Waals surface area (Å²) in [5.41, 5.74) is 3.38. The van der Waals surface area contributed by atoms with Crippen LogP contribution in [0.25, 0.3) is 22.6 Å². The van der Waals surface area contributed by atoms with Gasteiger partial charge in [-0.05, 0) is 62.5 Å². The lowest BCUT2D eigenvalue weighted by molar-refractivity contribution is 0.0909. The number of imidazole rings is 1. The Morgan fingerprint density at radius 2 is 1.82 bits per heavy atom. The number of benzene rings is 2. The molecular formula is C28H36N4O4SSi. The molecule has 1 unspecified atom stereocenters. The number of nitrogens with zero attached hydrogens (tertiary/aromatic N) is 3. The standard InChI is InChI=1S/C28H36N4O4SSi/c1-20(29-2)23-17-25-26(18-27(23)36-21-10-12-22(13-11-21)37(3,33)34)32(19-35-15-16-38(4,5)6)28(31-25)24-9-7-8-14-30-24/h7-14,17-18,20,29H,15-16,19H2,1-6H3. The SMILES string of the molecule is CNC(C)c1cc2nc(-c3ccccn3)n(COCC[Si](C)(C)C)c2cc1Oc1ccc(S(C)(=O)=O)cc1. The summed E-state index contributed by atoms with van der Waals surface area (Å²) in [7, 11) is -2.63. The molecule has 0 radical (unpaired) electrons. The van der Waals surface area contributed by atoms with Crippen molar-refractivity contribution in [2.45, 2.75) is 50.3 Å². The number of ether oxygens (including phenoxy) is 2. The number of hydrogen-bond donors (Lipinski definition) is 1. The van der Waals surface area contributed by atoms with Gasteiger partial charge in [-0.3, -0.25) is 9.55 Å². The van der Waals surface area contributed by atoms with Gasteiger partial charge in [-0.1, -0.05) is 25.7 Å². The lowest BCUT2D eigenvalue weighted by atomic mass is 10.1. The molecule has 8 nitrogen and oxygen atoms in total. The molecule has 0 aliphatic heterocycles. The summed E-state index contributed by atoms with van der Waals surface area (Å²) in [5.74, 6) is 1.93. The van der Waals surface area contributed by atoms with Gasteiger partial charge in [0.2, 0.25) is 0 Å². The Kier molecular flexibility index (Phi) is 8.36. The zero-order chi connectivity index (χ0) is 27.5. The Labute approximate surface area is 226 Å². The van der Waals surface area contributed by atoms with Gasteiger partial charge >= 0.3 is 0 Å². The number of nitrogens with one attached hydrogen (secondary N) is 1. The average molecular weight is 553 g/mol. The molecule has 0 spiro atoms. The molecule has 4 rings (SSSR count). The Bertz CT molecular complexity index is 1500. The van der Waals surface area contributed by atoms with Gasteiger partial charge in [0, 0.05) is 44.8 Å². The predicted molar refractivity (Wildman–Crippen MR) is 154 cm³/mol. The molecule has 0 bridgehead atoms. The van der Waals surface area contributed by atoms with Gasteiger partial charge in [0.15, 0.2) is 15.7 Å². The predicted octanol–water partition coefficient (Wildman–Crippen LogP) is 5.89. The second-order valence-electron chi connectivity index (χ2n) is 10.7. The van der Waals surface area contributed by atoms with Crippen LogP contribution in [-0.4, -0.2) is 50.9 Å². The van der Waals surface area contributed by atoms with E-state index in [-0.39, 0.29) is 10.9 Å². The first-order valence-corrected chi connectivity index (χ1v) is 18.2. The summed E-state index contributed by atoms with van der Waals surface area (Å²) >= 11 is 0. The number of aromatic nitrogens is 3. The van der Waals surface area contributed by atoms with Gasteiger partial charge in [0.05, 0.1) is 15.9 Å². The van der Waals surface area contributed by atoms with Crippen LogP contribution in [0.1, 0.15) is 18.5 Å². The number of hydrogen-bond acceptors (Lipinski definition) is 7. The Hall–Kier alpha value is -3.05. The van der Waals surface area contributed by atoms with Gasteiger partial charge in [0.25, 0.3) is 0 Å². The van der Waals surface area contributed by atoms with Crippen molar-refractivity contribution in [2.24, 2.45) is 0 Å². The molecule has 1 N–H and O–H groups in total. The van der Waals surface area contributed by atoms with Crippen LogP contribution in [0.3, 0.4) is 0 Å². The smallest absolute Gasteiger partial charge is 0.175 e. The monoisotopic (exact) mass is 552 g/mol. The highest BCUT2D eigenvalue weighted by Gasteiger charge is 2.20. The van der Waals surface area contributed by atoms with E-state index in [2.05, 4.69) is 36.9 Å². The van der Waals surface area contributed by atoms with Crippen molar-refractivity contribution in [3.8, 4) is 23.0 Å². The molecular weight excluding hydrogens is 516 g/mol. The maximum atomic E-state index is 11.9. The first kappa shape index (κ1) is 28.0. The van der Waals surface area contributed by atoms with Crippen LogP contribution < -0.4 is 10.1 Å². The molecule has 4 aromatic rings. The molecule has 0 saturated heterocycles. The molecule has 2 aromatic heterocycles. The van der Waals surface area contributed by atoms with Crippen LogP contribution in [0.15, 0.2) is 65.7 Å². The van der Waals surface area contributed by atoms with Crippen LogP contribution in [-0.2, 0) is 21.3 Å². The number of pyridine rings is 1. The first-order valence-electron chi connectivity index (χ1n) is 12.6. The maximum absolute atomic E-state index is 11.9. The van der Waals surface area contributed by atoms with E-state index < -0.39 is 17.9 Å². The Balaban J connectivity index is 1.78. The molecule has 1 atom stereocenters. The third-order valence-corrected chi connectivity index (χ3v) is 9.20. The van der Waals surface area contributed by atoms with E-state index in [4.69, 9.17) is 14.5 Å². The zero-order valence-corrected chi connectivity index (χ0v) is 24.7. The second-order valence-corrected chi connectivity index (χ2v) is 18.3. The third kappa shape index (κ3) is 6.68. The van der Waals surface area contributed by atoms with Crippen LogP contribution in [0, 0.1) is 0 Å². The van der Waals surface area contributed by atoms with E-state index in [0.29, 0.717) is 24.8 Å². The van der Waals surface area contributed by atoms with E-state index in [9.17, 15) is 8.42 Å². The molecule has 0 amide bonds.